The molecule has 1 aliphatic heterocycles. The van der Waals surface area contributed by atoms with Crippen molar-refractivity contribution in [3.05, 3.63) is 29.8 Å². The van der Waals surface area contributed by atoms with Crippen LogP contribution >= 0.6 is 0 Å². The fourth-order valence-electron chi connectivity index (χ4n) is 3.02. The lowest BCUT2D eigenvalue weighted by molar-refractivity contribution is -0.137. The molecule has 1 saturated heterocycles. The summed E-state index contributed by atoms with van der Waals surface area (Å²) in [5.41, 5.74) is 1.19. The van der Waals surface area contributed by atoms with Gasteiger partial charge < -0.3 is 24.0 Å². The van der Waals surface area contributed by atoms with Gasteiger partial charge in [-0.2, -0.15) is 0 Å². The summed E-state index contributed by atoms with van der Waals surface area (Å²) in [6.45, 7) is 5.97. The molecule has 7 nitrogen and oxygen atoms in total. The first-order valence-electron chi connectivity index (χ1n) is 9.92. The maximum Gasteiger partial charge on any atom is 0.248 e. The Morgan fingerprint density at radius 3 is 2.29 bits per heavy atom. The summed E-state index contributed by atoms with van der Waals surface area (Å²) in [5.74, 6) is 0.921. The van der Waals surface area contributed by atoms with Crippen molar-refractivity contribution in [2.75, 3.05) is 59.7 Å². The molecule has 7 heteroatoms. The van der Waals surface area contributed by atoms with Gasteiger partial charge in [0, 0.05) is 39.7 Å². The lowest BCUT2D eigenvalue weighted by Gasteiger charge is -2.22. The van der Waals surface area contributed by atoms with Crippen LogP contribution in [0.5, 0.6) is 5.75 Å². The molecule has 0 spiro atoms. The van der Waals surface area contributed by atoms with E-state index in [4.69, 9.17) is 14.2 Å². The third-order valence-electron chi connectivity index (χ3n) is 4.68. The topological polar surface area (TPSA) is 68.3 Å². The molecule has 156 valence electrons. The number of rotatable bonds is 10. The van der Waals surface area contributed by atoms with Gasteiger partial charge in [-0.05, 0) is 31.9 Å². The number of hydrogen-bond donors (Lipinski definition) is 0. The lowest BCUT2D eigenvalue weighted by atomic mass is 10.2. The first kappa shape index (κ1) is 22.2. The number of carbonyl (C=O) groups is 2. The van der Waals surface area contributed by atoms with Crippen LogP contribution in [0.25, 0.3) is 0 Å². The molecule has 1 aromatic carbocycles. The van der Waals surface area contributed by atoms with E-state index in [0.717, 1.165) is 12.2 Å². The van der Waals surface area contributed by atoms with Crippen LogP contribution in [0, 0.1) is 6.92 Å². The zero-order valence-electron chi connectivity index (χ0n) is 17.0. The Hall–Kier alpha value is -2.12. The SMILES string of the molecule is COCCOCC(=O)N1CCCN(C(=O)CCCOc2ccc(C)cc2)CC1. The number of methoxy groups -OCH3 is 1. The van der Waals surface area contributed by atoms with Crippen LogP contribution in [-0.2, 0) is 19.1 Å². The molecule has 2 amide bonds. The number of benzene rings is 1. The van der Waals surface area contributed by atoms with Gasteiger partial charge in [-0.1, -0.05) is 17.7 Å². The zero-order valence-corrected chi connectivity index (χ0v) is 17.0. The van der Waals surface area contributed by atoms with Gasteiger partial charge in [-0.3, -0.25) is 9.59 Å². The van der Waals surface area contributed by atoms with Crippen molar-refractivity contribution in [3.63, 3.8) is 0 Å². The van der Waals surface area contributed by atoms with Crippen molar-refractivity contribution in [2.24, 2.45) is 0 Å². The highest BCUT2D eigenvalue weighted by Gasteiger charge is 2.21. The quantitative estimate of drug-likeness (QED) is 0.569. The number of nitrogens with zero attached hydrogens (tertiary/aromatic N) is 2. The third kappa shape index (κ3) is 7.86. The molecule has 0 atom stereocenters. The summed E-state index contributed by atoms with van der Waals surface area (Å²) in [5, 5.41) is 0. The number of amides is 2. The van der Waals surface area contributed by atoms with Gasteiger partial charge in [0.15, 0.2) is 0 Å². The Labute approximate surface area is 167 Å². The van der Waals surface area contributed by atoms with Gasteiger partial charge in [-0.15, -0.1) is 0 Å². The van der Waals surface area contributed by atoms with Crippen molar-refractivity contribution >= 4 is 11.8 Å². The van der Waals surface area contributed by atoms with Crippen molar-refractivity contribution in [1.82, 2.24) is 9.80 Å². The van der Waals surface area contributed by atoms with Gasteiger partial charge in [0.1, 0.15) is 12.4 Å². The largest absolute Gasteiger partial charge is 0.494 e. The minimum Gasteiger partial charge on any atom is -0.494 e. The number of carbonyl (C=O) groups excluding carboxylic acids is 2. The normalized spacial score (nSPS) is 14.6. The van der Waals surface area contributed by atoms with Crippen LogP contribution in [0.15, 0.2) is 24.3 Å². The molecule has 0 saturated carbocycles. The molecule has 1 aromatic rings. The predicted molar refractivity (Wildman–Crippen MR) is 106 cm³/mol. The Balaban J connectivity index is 1.64. The van der Waals surface area contributed by atoms with Crippen LogP contribution in [-0.4, -0.2) is 81.3 Å². The predicted octanol–water partition coefficient (Wildman–Crippen LogP) is 1.88. The van der Waals surface area contributed by atoms with E-state index in [2.05, 4.69) is 0 Å². The van der Waals surface area contributed by atoms with E-state index in [0.29, 0.717) is 58.8 Å². The van der Waals surface area contributed by atoms with E-state index in [1.807, 2.05) is 36.1 Å². The second-order valence-corrected chi connectivity index (χ2v) is 6.93. The molecular formula is C21H32N2O5. The molecule has 0 radical (unpaired) electrons. The van der Waals surface area contributed by atoms with Gasteiger partial charge >= 0.3 is 0 Å². The van der Waals surface area contributed by atoms with E-state index >= 15 is 0 Å². The van der Waals surface area contributed by atoms with Gasteiger partial charge in [-0.25, -0.2) is 0 Å². The van der Waals surface area contributed by atoms with E-state index < -0.39 is 0 Å². The van der Waals surface area contributed by atoms with Crippen molar-refractivity contribution in [3.8, 4) is 5.75 Å². The van der Waals surface area contributed by atoms with Crippen LogP contribution in [0.3, 0.4) is 0 Å². The molecule has 1 aliphatic rings. The first-order valence-corrected chi connectivity index (χ1v) is 9.92. The van der Waals surface area contributed by atoms with Crippen LogP contribution in [0.4, 0.5) is 0 Å². The minimum atomic E-state index is -0.0306. The highest BCUT2D eigenvalue weighted by Crippen LogP contribution is 2.12. The molecule has 28 heavy (non-hydrogen) atoms. The van der Waals surface area contributed by atoms with E-state index in [-0.39, 0.29) is 18.4 Å². The molecule has 1 fully saturated rings. The van der Waals surface area contributed by atoms with Crippen LogP contribution < -0.4 is 4.74 Å². The molecule has 2 rings (SSSR count). The minimum absolute atomic E-state index is 0.0306. The summed E-state index contributed by atoms with van der Waals surface area (Å²) < 4.78 is 15.9. The molecular weight excluding hydrogens is 360 g/mol. The average Bonchev–Trinajstić information content (AvgIpc) is 2.96. The summed E-state index contributed by atoms with van der Waals surface area (Å²) >= 11 is 0. The summed E-state index contributed by atoms with van der Waals surface area (Å²) in [6.07, 6.45) is 1.93. The Bertz CT molecular complexity index is 605. The lowest BCUT2D eigenvalue weighted by Crippen LogP contribution is -2.39. The van der Waals surface area contributed by atoms with Crippen LogP contribution in [0.2, 0.25) is 0 Å². The maximum atomic E-state index is 12.5. The van der Waals surface area contributed by atoms with E-state index in [1.165, 1.54) is 5.56 Å². The Morgan fingerprint density at radius 2 is 1.61 bits per heavy atom. The Morgan fingerprint density at radius 1 is 0.929 bits per heavy atom. The summed E-state index contributed by atoms with van der Waals surface area (Å²) in [4.78, 5) is 28.3. The molecule has 0 N–H and O–H groups in total. The third-order valence-corrected chi connectivity index (χ3v) is 4.68. The zero-order chi connectivity index (χ0) is 20.2. The fraction of sp³-hybridized carbons (Fsp3) is 0.619. The van der Waals surface area contributed by atoms with Gasteiger partial charge in [0.2, 0.25) is 11.8 Å². The monoisotopic (exact) mass is 392 g/mol. The molecule has 0 unspecified atom stereocenters. The maximum absolute atomic E-state index is 12.5. The standard InChI is InChI=1S/C21H32N2O5/c1-18-6-8-19(9-7-18)28-14-3-5-20(24)22-10-4-11-23(13-12-22)21(25)17-27-16-15-26-2/h6-9H,3-5,10-17H2,1-2H3. The Kier molecular flexibility index (Phi) is 9.79. The summed E-state index contributed by atoms with van der Waals surface area (Å²) in [6, 6.07) is 7.90. The van der Waals surface area contributed by atoms with Crippen molar-refractivity contribution < 1.29 is 23.8 Å². The van der Waals surface area contributed by atoms with Crippen LogP contribution in [0.1, 0.15) is 24.8 Å². The second-order valence-electron chi connectivity index (χ2n) is 6.93. The van der Waals surface area contributed by atoms with E-state index in [1.54, 1.807) is 12.0 Å². The molecule has 0 aromatic heterocycles. The van der Waals surface area contributed by atoms with Crippen molar-refractivity contribution in [1.29, 1.82) is 0 Å². The summed E-state index contributed by atoms with van der Waals surface area (Å²) in [7, 11) is 1.60. The highest BCUT2D eigenvalue weighted by atomic mass is 16.5. The number of ether oxygens (including phenoxy) is 3. The van der Waals surface area contributed by atoms with Crippen molar-refractivity contribution in [2.45, 2.75) is 26.2 Å². The molecule has 0 bridgehead atoms. The fourth-order valence-corrected chi connectivity index (χ4v) is 3.02. The second kappa shape index (κ2) is 12.4. The highest BCUT2D eigenvalue weighted by molar-refractivity contribution is 5.78. The smallest absolute Gasteiger partial charge is 0.248 e. The first-order chi connectivity index (χ1) is 13.6. The van der Waals surface area contributed by atoms with E-state index in [9.17, 15) is 9.59 Å². The number of aryl methyl sites for hydroxylation is 1. The molecule has 1 heterocycles. The average molecular weight is 392 g/mol. The van der Waals surface area contributed by atoms with Gasteiger partial charge in [0.05, 0.1) is 19.8 Å². The molecule has 0 aliphatic carbocycles. The van der Waals surface area contributed by atoms with Gasteiger partial charge in [0.25, 0.3) is 0 Å². The number of hydrogen-bond acceptors (Lipinski definition) is 5.